The minimum Gasteiger partial charge on any atom is -0.493 e. The van der Waals surface area contributed by atoms with Gasteiger partial charge < -0.3 is 9.47 Å². The van der Waals surface area contributed by atoms with Gasteiger partial charge in [-0.15, -0.1) is 0 Å². The lowest BCUT2D eigenvalue weighted by atomic mass is 10.1. The van der Waals surface area contributed by atoms with Crippen molar-refractivity contribution < 1.29 is 13.9 Å². The Morgan fingerprint density at radius 3 is 2.50 bits per heavy atom. The Morgan fingerprint density at radius 1 is 1.13 bits per heavy atom. The standard InChI is InChI=1S/C23H26FN3O3/c1-4-7-19-22(23(28)27(26-19)18-12-10-17(24)11-13-18)16(2)25-14-15-30-21-9-6-5-8-20(21)29-3/h5-6,8-13,26H,4,7,14-15H2,1-3H3. The average molecular weight is 411 g/mol. The van der Waals surface area contributed by atoms with Crippen LogP contribution in [0.25, 0.3) is 5.69 Å². The number of halogens is 1. The summed E-state index contributed by atoms with van der Waals surface area (Å²) in [5, 5.41) is 3.15. The van der Waals surface area contributed by atoms with E-state index in [1.54, 1.807) is 19.2 Å². The normalized spacial score (nSPS) is 11.5. The largest absolute Gasteiger partial charge is 0.493 e. The van der Waals surface area contributed by atoms with Crippen molar-refractivity contribution in [2.24, 2.45) is 4.99 Å². The number of nitrogens with zero attached hydrogens (tertiary/aromatic N) is 2. The predicted molar refractivity (Wildman–Crippen MR) is 116 cm³/mol. The Bertz CT molecular complexity index is 1070. The molecule has 0 aliphatic heterocycles. The number of aromatic amines is 1. The zero-order chi connectivity index (χ0) is 21.5. The summed E-state index contributed by atoms with van der Waals surface area (Å²) in [6.07, 6.45) is 1.59. The molecule has 2 aromatic carbocycles. The van der Waals surface area contributed by atoms with Gasteiger partial charge in [-0.2, -0.15) is 0 Å². The first kappa shape index (κ1) is 21.4. The molecule has 0 unspecified atom stereocenters. The monoisotopic (exact) mass is 411 g/mol. The van der Waals surface area contributed by atoms with Gasteiger partial charge in [0, 0.05) is 11.4 Å². The third kappa shape index (κ3) is 4.79. The van der Waals surface area contributed by atoms with Gasteiger partial charge >= 0.3 is 0 Å². The number of para-hydroxylation sites is 2. The zero-order valence-corrected chi connectivity index (χ0v) is 17.4. The molecule has 0 saturated carbocycles. The molecule has 0 radical (unpaired) electrons. The number of hydrogen-bond donors (Lipinski definition) is 1. The molecule has 158 valence electrons. The van der Waals surface area contributed by atoms with E-state index >= 15 is 0 Å². The van der Waals surface area contributed by atoms with Gasteiger partial charge in [-0.05, 0) is 49.7 Å². The topological polar surface area (TPSA) is 68.6 Å². The molecule has 1 heterocycles. The number of nitrogens with one attached hydrogen (secondary N) is 1. The Labute approximate surface area is 175 Å². The fourth-order valence-corrected chi connectivity index (χ4v) is 3.24. The number of benzene rings is 2. The summed E-state index contributed by atoms with van der Waals surface area (Å²) < 4.78 is 25.7. The van der Waals surface area contributed by atoms with E-state index in [1.165, 1.54) is 16.8 Å². The van der Waals surface area contributed by atoms with E-state index in [9.17, 15) is 9.18 Å². The van der Waals surface area contributed by atoms with Crippen molar-refractivity contribution in [3.63, 3.8) is 0 Å². The van der Waals surface area contributed by atoms with E-state index in [1.807, 2.05) is 38.1 Å². The number of aromatic nitrogens is 2. The van der Waals surface area contributed by atoms with E-state index < -0.39 is 0 Å². The molecule has 1 aromatic heterocycles. The van der Waals surface area contributed by atoms with Gasteiger partial charge in [0.15, 0.2) is 11.5 Å². The smallest absolute Gasteiger partial charge is 0.280 e. The van der Waals surface area contributed by atoms with Crippen LogP contribution < -0.4 is 15.0 Å². The van der Waals surface area contributed by atoms with E-state index in [0.717, 1.165) is 12.1 Å². The molecule has 3 aromatic rings. The summed E-state index contributed by atoms with van der Waals surface area (Å²) in [4.78, 5) is 17.6. The van der Waals surface area contributed by atoms with Crippen LogP contribution in [-0.4, -0.2) is 35.8 Å². The highest BCUT2D eigenvalue weighted by atomic mass is 19.1. The van der Waals surface area contributed by atoms with Gasteiger partial charge in [0.2, 0.25) is 0 Å². The fraction of sp³-hybridized carbons (Fsp3) is 0.304. The quantitative estimate of drug-likeness (QED) is 0.425. The van der Waals surface area contributed by atoms with Crippen molar-refractivity contribution in [3.05, 3.63) is 76.0 Å². The van der Waals surface area contributed by atoms with Crippen LogP contribution in [0.5, 0.6) is 11.5 Å². The second-order valence-electron chi connectivity index (χ2n) is 6.80. The van der Waals surface area contributed by atoms with Crippen molar-refractivity contribution >= 4 is 5.71 Å². The lowest BCUT2D eigenvalue weighted by molar-refractivity contribution is 0.303. The highest BCUT2D eigenvalue weighted by Crippen LogP contribution is 2.25. The molecule has 0 aliphatic carbocycles. The third-order valence-electron chi connectivity index (χ3n) is 4.68. The fourth-order valence-electron chi connectivity index (χ4n) is 3.24. The zero-order valence-electron chi connectivity index (χ0n) is 17.4. The highest BCUT2D eigenvalue weighted by Gasteiger charge is 2.17. The molecule has 0 spiro atoms. The van der Waals surface area contributed by atoms with E-state index in [0.29, 0.717) is 48.0 Å². The maximum Gasteiger partial charge on any atom is 0.280 e. The Balaban J connectivity index is 1.79. The molecule has 0 saturated heterocycles. The number of H-pyrrole nitrogens is 1. The molecule has 1 N–H and O–H groups in total. The maximum absolute atomic E-state index is 13.2. The lowest BCUT2D eigenvalue weighted by Gasteiger charge is -2.09. The van der Waals surface area contributed by atoms with Crippen LogP contribution >= 0.6 is 0 Å². The van der Waals surface area contributed by atoms with Crippen LogP contribution in [0.2, 0.25) is 0 Å². The van der Waals surface area contributed by atoms with Crippen LogP contribution in [0.3, 0.4) is 0 Å². The van der Waals surface area contributed by atoms with E-state index in [-0.39, 0.29) is 11.4 Å². The SMILES string of the molecule is CCCc1[nH]n(-c2ccc(F)cc2)c(=O)c1C(C)=NCCOc1ccccc1OC. The van der Waals surface area contributed by atoms with Gasteiger partial charge in [0.05, 0.1) is 24.9 Å². The number of methoxy groups -OCH3 is 1. The van der Waals surface area contributed by atoms with Gasteiger partial charge in [-0.1, -0.05) is 25.5 Å². The van der Waals surface area contributed by atoms with Crippen LogP contribution in [0.15, 0.2) is 58.3 Å². The first-order valence-corrected chi connectivity index (χ1v) is 9.92. The highest BCUT2D eigenvalue weighted by molar-refractivity contribution is 5.99. The first-order valence-electron chi connectivity index (χ1n) is 9.92. The molecular weight excluding hydrogens is 385 g/mol. The Morgan fingerprint density at radius 2 is 1.83 bits per heavy atom. The number of ether oxygens (including phenoxy) is 2. The summed E-state index contributed by atoms with van der Waals surface area (Å²) >= 11 is 0. The predicted octanol–water partition coefficient (Wildman–Crippen LogP) is 4.15. The van der Waals surface area contributed by atoms with Crippen LogP contribution in [-0.2, 0) is 6.42 Å². The molecule has 7 heteroatoms. The van der Waals surface area contributed by atoms with Crippen molar-refractivity contribution in [2.75, 3.05) is 20.3 Å². The Kier molecular flexibility index (Phi) is 7.06. The minimum absolute atomic E-state index is 0.197. The molecule has 3 rings (SSSR count). The van der Waals surface area contributed by atoms with E-state index in [2.05, 4.69) is 10.1 Å². The summed E-state index contributed by atoms with van der Waals surface area (Å²) in [6.45, 7) is 4.63. The number of rotatable bonds is 9. The Hall–Kier alpha value is -3.35. The van der Waals surface area contributed by atoms with Crippen LogP contribution in [0, 0.1) is 5.82 Å². The van der Waals surface area contributed by atoms with Crippen molar-refractivity contribution in [1.82, 2.24) is 9.78 Å². The summed E-state index contributed by atoms with van der Waals surface area (Å²) in [5.41, 5.74) is 2.40. The second kappa shape index (κ2) is 9.91. The molecule has 6 nitrogen and oxygen atoms in total. The molecule has 0 amide bonds. The van der Waals surface area contributed by atoms with Crippen LogP contribution in [0.4, 0.5) is 4.39 Å². The average Bonchev–Trinajstić information content (AvgIpc) is 3.08. The molecule has 0 fully saturated rings. The molecule has 0 bridgehead atoms. The van der Waals surface area contributed by atoms with Gasteiger partial charge in [-0.25, -0.2) is 9.07 Å². The molecule has 0 atom stereocenters. The van der Waals surface area contributed by atoms with E-state index in [4.69, 9.17) is 9.47 Å². The second-order valence-corrected chi connectivity index (χ2v) is 6.80. The van der Waals surface area contributed by atoms with Crippen molar-refractivity contribution in [1.29, 1.82) is 0 Å². The van der Waals surface area contributed by atoms with Gasteiger partial charge in [0.1, 0.15) is 12.4 Å². The summed E-state index contributed by atoms with van der Waals surface area (Å²) in [5.74, 6) is 0.969. The first-order chi connectivity index (χ1) is 14.5. The lowest BCUT2D eigenvalue weighted by Crippen LogP contribution is -2.20. The molecule has 30 heavy (non-hydrogen) atoms. The minimum atomic E-state index is -0.347. The van der Waals surface area contributed by atoms with Crippen LogP contribution in [0.1, 0.15) is 31.5 Å². The summed E-state index contributed by atoms with van der Waals surface area (Å²) in [6, 6.07) is 13.2. The maximum atomic E-state index is 13.2. The summed E-state index contributed by atoms with van der Waals surface area (Å²) in [7, 11) is 1.60. The van der Waals surface area contributed by atoms with Crippen molar-refractivity contribution in [2.45, 2.75) is 26.7 Å². The number of aryl methyl sites for hydroxylation is 1. The van der Waals surface area contributed by atoms with Gasteiger partial charge in [-0.3, -0.25) is 14.9 Å². The number of hydrogen-bond acceptors (Lipinski definition) is 4. The van der Waals surface area contributed by atoms with Gasteiger partial charge in [0.25, 0.3) is 5.56 Å². The molecule has 0 aliphatic rings. The third-order valence-corrected chi connectivity index (χ3v) is 4.68. The van der Waals surface area contributed by atoms with Crippen molar-refractivity contribution in [3.8, 4) is 17.2 Å². The number of aliphatic imine (C=N–C) groups is 1. The molecular formula is C23H26FN3O3.